The molecular weight excluding hydrogens is 383 g/mol. The lowest BCUT2D eigenvalue weighted by atomic mass is 10.2. The summed E-state index contributed by atoms with van der Waals surface area (Å²) in [4.78, 5) is 27.7. The van der Waals surface area contributed by atoms with Crippen molar-refractivity contribution in [1.82, 2.24) is 14.0 Å². The zero-order valence-corrected chi connectivity index (χ0v) is 17.3. The fourth-order valence-corrected chi connectivity index (χ4v) is 3.84. The summed E-state index contributed by atoms with van der Waals surface area (Å²) >= 11 is 0. The number of nitrogens with zero attached hydrogens (tertiary/aromatic N) is 3. The first-order chi connectivity index (χ1) is 14.3. The van der Waals surface area contributed by atoms with E-state index in [0.717, 1.165) is 16.4 Å². The van der Waals surface area contributed by atoms with Crippen LogP contribution in [0.2, 0.25) is 0 Å². The Morgan fingerprint density at radius 1 is 1.00 bits per heavy atom. The molecule has 0 aliphatic rings. The number of aromatic nitrogens is 2. The van der Waals surface area contributed by atoms with E-state index < -0.39 is 11.7 Å². The van der Waals surface area contributed by atoms with Crippen LogP contribution in [0.15, 0.2) is 54.6 Å². The van der Waals surface area contributed by atoms with E-state index in [9.17, 15) is 14.0 Å². The summed E-state index contributed by atoms with van der Waals surface area (Å²) in [6.45, 7) is 4.12. The number of fused-ring (bicyclic) bond motifs is 3. The zero-order valence-electron chi connectivity index (χ0n) is 17.3. The second kappa shape index (κ2) is 7.33. The molecule has 30 heavy (non-hydrogen) atoms. The molecule has 154 valence electrons. The van der Waals surface area contributed by atoms with E-state index in [1.54, 1.807) is 26.2 Å². The molecule has 0 atom stereocenters. The molecule has 1 N–H and O–H groups in total. The van der Waals surface area contributed by atoms with Crippen LogP contribution in [0, 0.1) is 5.82 Å². The maximum Gasteiger partial charge on any atom is 0.328 e. The topological polar surface area (TPSA) is 59.3 Å². The predicted molar refractivity (Wildman–Crippen MR) is 117 cm³/mol. The van der Waals surface area contributed by atoms with Crippen molar-refractivity contribution in [2.24, 2.45) is 0 Å². The first kappa shape index (κ1) is 19.7. The van der Waals surface area contributed by atoms with E-state index in [2.05, 4.69) is 23.7 Å². The molecule has 7 heteroatoms. The Bertz CT molecular complexity index is 1280. The predicted octanol–water partition coefficient (Wildman–Crippen LogP) is 5.10. The third kappa shape index (κ3) is 3.12. The van der Waals surface area contributed by atoms with Crippen LogP contribution in [0.1, 0.15) is 30.4 Å². The number of para-hydroxylation sites is 1. The van der Waals surface area contributed by atoms with Gasteiger partial charge in [-0.25, -0.2) is 9.18 Å². The van der Waals surface area contributed by atoms with Crippen molar-refractivity contribution in [2.45, 2.75) is 19.9 Å². The number of carbonyl (C=O) groups is 2. The minimum Gasteiger partial charge on any atom is -0.337 e. The molecule has 4 aromatic rings. The Hall–Kier alpha value is -3.61. The van der Waals surface area contributed by atoms with Gasteiger partial charge in [-0.1, -0.05) is 24.3 Å². The van der Waals surface area contributed by atoms with Gasteiger partial charge in [-0.3, -0.25) is 9.36 Å². The number of benzene rings is 2. The zero-order chi connectivity index (χ0) is 21.6. The number of rotatable bonds is 3. The number of hydrogen-bond acceptors (Lipinski definition) is 2. The van der Waals surface area contributed by atoms with Crippen LogP contribution in [0.3, 0.4) is 0 Å². The summed E-state index contributed by atoms with van der Waals surface area (Å²) in [7, 11) is 3.29. The van der Waals surface area contributed by atoms with E-state index in [0.29, 0.717) is 11.2 Å². The van der Waals surface area contributed by atoms with Gasteiger partial charge in [0.2, 0.25) is 0 Å². The number of anilines is 1. The number of halogens is 1. The number of amides is 2. The van der Waals surface area contributed by atoms with Crippen molar-refractivity contribution in [3.8, 4) is 0 Å². The average Bonchev–Trinajstić information content (AvgIpc) is 3.21. The van der Waals surface area contributed by atoms with Gasteiger partial charge >= 0.3 is 6.03 Å². The van der Waals surface area contributed by atoms with Gasteiger partial charge in [0.05, 0.1) is 16.6 Å². The molecule has 4 rings (SSSR count). The van der Waals surface area contributed by atoms with Crippen molar-refractivity contribution in [3.63, 3.8) is 0 Å². The first-order valence-corrected chi connectivity index (χ1v) is 9.72. The van der Waals surface area contributed by atoms with Crippen LogP contribution in [0.4, 0.5) is 14.9 Å². The van der Waals surface area contributed by atoms with Crippen molar-refractivity contribution in [1.29, 1.82) is 0 Å². The number of nitrogens with one attached hydrogen (secondary N) is 1. The Kier molecular flexibility index (Phi) is 4.81. The Labute approximate surface area is 173 Å². The van der Waals surface area contributed by atoms with Gasteiger partial charge in [0.1, 0.15) is 11.5 Å². The lowest BCUT2D eigenvalue weighted by molar-refractivity contribution is 0.101. The molecule has 0 saturated heterocycles. The fraction of sp³-hybridized carbons (Fsp3) is 0.217. The van der Waals surface area contributed by atoms with Crippen LogP contribution in [-0.2, 0) is 0 Å². The van der Waals surface area contributed by atoms with Crippen molar-refractivity contribution < 1.29 is 14.0 Å². The van der Waals surface area contributed by atoms with Crippen molar-refractivity contribution >= 4 is 39.6 Å². The van der Waals surface area contributed by atoms with Gasteiger partial charge in [-0.15, -0.1) is 0 Å². The molecule has 2 amide bonds. The molecule has 0 spiro atoms. The molecule has 0 radical (unpaired) electrons. The SMILES string of the molecule is CC(C)n1c2ccccc2c2c1cc(C(=O)Nc1cccc(F)c1)n2C(=O)N(C)C. The second-order valence-corrected chi connectivity index (χ2v) is 7.72. The fourth-order valence-electron chi connectivity index (χ4n) is 3.84. The first-order valence-electron chi connectivity index (χ1n) is 9.72. The molecule has 0 saturated carbocycles. The summed E-state index contributed by atoms with van der Waals surface area (Å²) < 4.78 is 17.1. The summed E-state index contributed by atoms with van der Waals surface area (Å²) in [6, 6.07) is 15.0. The average molecular weight is 406 g/mol. The highest BCUT2D eigenvalue weighted by Gasteiger charge is 2.27. The van der Waals surface area contributed by atoms with Crippen LogP contribution in [0.5, 0.6) is 0 Å². The van der Waals surface area contributed by atoms with Gasteiger partial charge in [0.25, 0.3) is 5.91 Å². The van der Waals surface area contributed by atoms with Crippen LogP contribution in [-0.4, -0.2) is 40.1 Å². The second-order valence-electron chi connectivity index (χ2n) is 7.72. The summed E-state index contributed by atoms with van der Waals surface area (Å²) in [5.41, 5.74) is 3.00. The maximum atomic E-state index is 13.5. The molecule has 2 heterocycles. The van der Waals surface area contributed by atoms with Crippen molar-refractivity contribution in [2.75, 3.05) is 19.4 Å². The molecule has 0 fully saturated rings. The van der Waals surface area contributed by atoms with E-state index in [-0.39, 0.29) is 17.8 Å². The standard InChI is InChI=1S/C23H23FN4O2/c1-14(2)27-18-11-6-5-10-17(18)21-19(27)13-20(28(21)23(30)26(3)4)22(29)25-16-9-7-8-15(24)12-16/h5-14H,1-4H3,(H,25,29). The highest BCUT2D eigenvalue weighted by atomic mass is 19.1. The van der Waals surface area contributed by atoms with E-state index in [4.69, 9.17) is 0 Å². The van der Waals surface area contributed by atoms with Gasteiger partial charge in [0.15, 0.2) is 0 Å². The molecule has 0 unspecified atom stereocenters. The minimum atomic E-state index is -0.480. The molecule has 2 aromatic heterocycles. The molecule has 0 aliphatic carbocycles. The Morgan fingerprint density at radius 2 is 1.73 bits per heavy atom. The van der Waals surface area contributed by atoms with Gasteiger partial charge in [-0.05, 0) is 44.2 Å². The third-order valence-electron chi connectivity index (χ3n) is 5.06. The Balaban J connectivity index is 1.97. The molecule has 2 aromatic carbocycles. The van der Waals surface area contributed by atoms with Gasteiger partial charge in [0, 0.05) is 31.2 Å². The maximum absolute atomic E-state index is 13.5. The lowest BCUT2D eigenvalue weighted by Crippen LogP contribution is -2.30. The monoisotopic (exact) mass is 406 g/mol. The van der Waals surface area contributed by atoms with Gasteiger partial charge in [-0.2, -0.15) is 0 Å². The highest BCUT2D eigenvalue weighted by molar-refractivity contribution is 6.16. The van der Waals surface area contributed by atoms with E-state index in [1.807, 2.05) is 24.3 Å². The van der Waals surface area contributed by atoms with Crippen LogP contribution in [0.25, 0.3) is 21.9 Å². The summed E-state index contributed by atoms with van der Waals surface area (Å²) in [6.07, 6.45) is 0. The molecule has 0 aliphatic heterocycles. The van der Waals surface area contributed by atoms with Crippen molar-refractivity contribution in [3.05, 3.63) is 66.1 Å². The quantitative estimate of drug-likeness (QED) is 0.515. The Morgan fingerprint density at radius 3 is 2.40 bits per heavy atom. The van der Waals surface area contributed by atoms with Crippen LogP contribution >= 0.6 is 0 Å². The number of carbonyl (C=O) groups excluding carboxylic acids is 2. The molecular formula is C23H23FN4O2. The van der Waals surface area contributed by atoms with Gasteiger partial charge < -0.3 is 14.8 Å². The van der Waals surface area contributed by atoms with E-state index in [1.165, 1.54) is 27.7 Å². The summed E-state index contributed by atoms with van der Waals surface area (Å²) in [5.74, 6) is -0.929. The minimum absolute atomic E-state index is 0.122. The van der Waals surface area contributed by atoms with Crippen LogP contribution < -0.4 is 5.32 Å². The largest absolute Gasteiger partial charge is 0.337 e. The molecule has 6 nitrogen and oxygen atoms in total. The van der Waals surface area contributed by atoms with E-state index >= 15 is 0 Å². The highest BCUT2D eigenvalue weighted by Crippen LogP contribution is 2.34. The smallest absolute Gasteiger partial charge is 0.328 e. The number of hydrogen-bond donors (Lipinski definition) is 1. The summed E-state index contributed by atoms with van der Waals surface area (Å²) in [5, 5.41) is 3.59. The third-order valence-corrected chi connectivity index (χ3v) is 5.06. The molecule has 0 bridgehead atoms. The lowest BCUT2D eigenvalue weighted by Gasteiger charge is -2.15. The normalized spacial score (nSPS) is 11.4.